The van der Waals surface area contributed by atoms with Crippen LogP contribution in [0.5, 0.6) is 0 Å². The van der Waals surface area contributed by atoms with Crippen molar-refractivity contribution in [1.82, 2.24) is 0 Å². The smallest absolute Gasteiger partial charge is 0.222 e. The molecule has 0 aliphatic carbocycles. The van der Waals surface area contributed by atoms with Crippen molar-refractivity contribution in [3.63, 3.8) is 0 Å². The van der Waals surface area contributed by atoms with E-state index in [0.29, 0.717) is 0 Å². The van der Waals surface area contributed by atoms with Gasteiger partial charge in [-0.3, -0.25) is 0 Å². The predicted octanol–water partition coefficient (Wildman–Crippen LogP) is 3.77. The molecule has 0 atom stereocenters. The predicted molar refractivity (Wildman–Crippen MR) is 78.2 cm³/mol. The highest BCUT2D eigenvalue weighted by Gasteiger charge is 1.99. The van der Waals surface area contributed by atoms with Gasteiger partial charge in [0.2, 0.25) is 12.2 Å². The highest BCUT2D eigenvalue weighted by atomic mass is 16.1. The summed E-state index contributed by atoms with van der Waals surface area (Å²) in [4.78, 5) is 16.7. The van der Waals surface area contributed by atoms with Crippen LogP contribution in [0.4, 0.5) is 0 Å². The zero-order chi connectivity index (χ0) is 15.4. The summed E-state index contributed by atoms with van der Waals surface area (Å²) in [7, 11) is 0. The van der Waals surface area contributed by atoms with Crippen LogP contribution in [0.15, 0.2) is 48.5 Å². The van der Waals surface area contributed by atoms with Gasteiger partial charge in [-0.05, 0) is 30.5 Å². The van der Waals surface area contributed by atoms with E-state index in [1.54, 1.807) is 0 Å². The third-order valence-corrected chi connectivity index (χ3v) is 2.47. The van der Waals surface area contributed by atoms with Crippen molar-refractivity contribution in [2.75, 3.05) is 0 Å². The average Bonchev–Trinajstić information content (AvgIpc) is 2.41. The molecule has 0 unspecified atom stereocenters. The molecule has 2 aromatic rings. The summed E-state index contributed by atoms with van der Waals surface area (Å²) in [5.74, 6) is 0. The number of hydrogen-bond donors (Lipinski definition) is 2. The molecule has 0 heterocycles. The maximum atomic E-state index is 8.35. The molecule has 0 bridgehead atoms. The van der Waals surface area contributed by atoms with E-state index in [9.17, 15) is 0 Å². The number of rotatable bonds is 1. The van der Waals surface area contributed by atoms with Crippen LogP contribution >= 0.6 is 0 Å². The molecule has 0 amide bonds. The third kappa shape index (κ3) is 6.22. The van der Waals surface area contributed by atoms with Gasteiger partial charge in [0.1, 0.15) is 0 Å². The molecule has 0 aliphatic rings. The lowest BCUT2D eigenvalue weighted by Crippen LogP contribution is -1.83. The number of isocyanates is 2. The summed E-state index contributed by atoms with van der Waals surface area (Å²) in [6.07, 6.45) is 1.50. The highest BCUT2D eigenvalue weighted by molar-refractivity contribution is 5.67. The second-order valence-electron chi connectivity index (χ2n) is 3.89. The van der Waals surface area contributed by atoms with Crippen LogP contribution in [0.1, 0.15) is 11.1 Å². The van der Waals surface area contributed by atoms with Gasteiger partial charge < -0.3 is 0 Å². The molecule has 0 radical (unpaired) electrons. The van der Waals surface area contributed by atoms with Crippen LogP contribution in [0.25, 0.3) is 11.1 Å². The first-order valence-electron chi connectivity index (χ1n) is 5.81. The second kappa shape index (κ2) is 10.2. The number of carbonyl (C=O) groups excluding carboxylic acids is 2. The zero-order valence-corrected chi connectivity index (χ0v) is 11.4. The monoisotopic (exact) mass is 268 g/mol. The molecule has 102 valence electrons. The van der Waals surface area contributed by atoms with Crippen molar-refractivity contribution < 1.29 is 9.59 Å². The standard InChI is InChI=1S/C14H14.2CHNO/c1-11-8-9-14(12(2)10-11)13-6-4-3-5-7-13;2*2-1-3/h3-10H,1-2H3;2*2H. The maximum Gasteiger partial charge on any atom is 0.231 e. The SMILES string of the molecule is Cc1ccc(-c2ccccc2)c(C)c1.N=C=O.N=C=O. The van der Waals surface area contributed by atoms with Crippen LogP contribution in [-0.4, -0.2) is 12.2 Å². The summed E-state index contributed by atoms with van der Waals surface area (Å²) >= 11 is 0. The van der Waals surface area contributed by atoms with Gasteiger partial charge >= 0.3 is 0 Å². The molecule has 20 heavy (non-hydrogen) atoms. The van der Waals surface area contributed by atoms with Gasteiger partial charge in [-0.1, -0.05) is 54.1 Å². The van der Waals surface area contributed by atoms with Gasteiger partial charge in [0.15, 0.2) is 0 Å². The first-order chi connectivity index (χ1) is 9.60. The van der Waals surface area contributed by atoms with Gasteiger partial charge in [-0.25, -0.2) is 20.4 Å². The number of nitrogens with one attached hydrogen (secondary N) is 2. The molecule has 0 spiro atoms. The topological polar surface area (TPSA) is 81.8 Å². The Bertz CT molecular complexity index is 583. The largest absolute Gasteiger partial charge is 0.231 e. The normalized spacial score (nSPS) is 7.90. The third-order valence-electron chi connectivity index (χ3n) is 2.47. The van der Waals surface area contributed by atoms with Gasteiger partial charge in [-0.15, -0.1) is 0 Å². The molecule has 0 fully saturated rings. The maximum absolute atomic E-state index is 8.35. The molecule has 0 aromatic heterocycles. The van der Waals surface area contributed by atoms with Crippen molar-refractivity contribution in [3.05, 3.63) is 59.7 Å². The summed E-state index contributed by atoms with van der Waals surface area (Å²) in [5.41, 5.74) is 5.29. The Hall–Kier alpha value is -2.80. The molecule has 2 aromatic carbocycles. The van der Waals surface area contributed by atoms with E-state index >= 15 is 0 Å². The van der Waals surface area contributed by atoms with Crippen LogP contribution < -0.4 is 0 Å². The van der Waals surface area contributed by atoms with Crippen LogP contribution in [-0.2, 0) is 9.59 Å². The fourth-order valence-electron chi connectivity index (χ4n) is 1.76. The fourth-order valence-corrected chi connectivity index (χ4v) is 1.76. The Morgan fingerprint density at radius 2 is 1.35 bits per heavy atom. The van der Waals surface area contributed by atoms with Crippen LogP contribution in [0, 0.1) is 24.7 Å². The van der Waals surface area contributed by atoms with Crippen molar-refractivity contribution in [2.24, 2.45) is 0 Å². The molecule has 2 N–H and O–H groups in total. The summed E-state index contributed by atoms with van der Waals surface area (Å²) in [5, 5.41) is 10.8. The quantitative estimate of drug-likeness (QED) is 0.609. The Labute approximate surface area is 118 Å². The minimum absolute atomic E-state index is 0.750. The Balaban J connectivity index is 0.000000520. The molecule has 0 saturated carbocycles. The highest BCUT2D eigenvalue weighted by Crippen LogP contribution is 2.23. The Morgan fingerprint density at radius 1 is 0.850 bits per heavy atom. The number of benzene rings is 2. The second-order valence-corrected chi connectivity index (χ2v) is 3.89. The van der Waals surface area contributed by atoms with Crippen LogP contribution in [0.2, 0.25) is 0 Å². The van der Waals surface area contributed by atoms with E-state index in [4.69, 9.17) is 20.4 Å². The van der Waals surface area contributed by atoms with Gasteiger partial charge in [0, 0.05) is 0 Å². The van der Waals surface area contributed by atoms with Gasteiger partial charge in [0.25, 0.3) is 0 Å². The minimum Gasteiger partial charge on any atom is -0.222 e. The zero-order valence-electron chi connectivity index (χ0n) is 11.4. The Kier molecular flexibility index (Phi) is 8.73. The molecule has 0 aliphatic heterocycles. The molecule has 4 nitrogen and oxygen atoms in total. The lowest BCUT2D eigenvalue weighted by Gasteiger charge is -2.06. The number of hydrogen-bond acceptors (Lipinski definition) is 4. The van der Waals surface area contributed by atoms with Crippen molar-refractivity contribution >= 4 is 12.2 Å². The molecular formula is C16H16N2O2. The number of aryl methyl sites for hydroxylation is 2. The van der Waals surface area contributed by atoms with E-state index in [1.807, 2.05) is 6.07 Å². The van der Waals surface area contributed by atoms with Crippen molar-refractivity contribution in [1.29, 1.82) is 10.8 Å². The van der Waals surface area contributed by atoms with E-state index in [-0.39, 0.29) is 0 Å². The molecule has 0 saturated heterocycles. The first-order valence-corrected chi connectivity index (χ1v) is 5.81. The van der Waals surface area contributed by atoms with Gasteiger partial charge in [0.05, 0.1) is 0 Å². The first kappa shape index (κ1) is 17.2. The van der Waals surface area contributed by atoms with Crippen molar-refractivity contribution in [3.8, 4) is 11.1 Å². The van der Waals surface area contributed by atoms with E-state index in [2.05, 4.69) is 56.3 Å². The summed E-state index contributed by atoms with van der Waals surface area (Å²) in [6, 6.07) is 17.1. The molecule has 2 rings (SSSR count). The minimum atomic E-state index is 0.750. The lowest BCUT2D eigenvalue weighted by molar-refractivity contribution is 0.562. The van der Waals surface area contributed by atoms with E-state index in [0.717, 1.165) is 12.2 Å². The Morgan fingerprint density at radius 3 is 1.80 bits per heavy atom. The van der Waals surface area contributed by atoms with E-state index < -0.39 is 0 Å². The lowest BCUT2D eigenvalue weighted by atomic mass is 9.99. The fraction of sp³-hybridized carbons (Fsp3) is 0.125. The van der Waals surface area contributed by atoms with Gasteiger partial charge in [-0.2, -0.15) is 0 Å². The van der Waals surface area contributed by atoms with Crippen molar-refractivity contribution in [2.45, 2.75) is 13.8 Å². The summed E-state index contributed by atoms with van der Waals surface area (Å²) in [6.45, 7) is 4.29. The van der Waals surface area contributed by atoms with E-state index in [1.165, 1.54) is 22.3 Å². The average molecular weight is 268 g/mol. The molecule has 4 heteroatoms. The van der Waals surface area contributed by atoms with Crippen LogP contribution in [0.3, 0.4) is 0 Å². The summed E-state index contributed by atoms with van der Waals surface area (Å²) < 4.78 is 0. The molecular weight excluding hydrogens is 252 g/mol.